The van der Waals surface area contributed by atoms with Crippen LogP contribution < -0.4 is 4.72 Å². The molecule has 0 saturated carbocycles. The van der Waals surface area contributed by atoms with Gasteiger partial charge in [-0.25, -0.2) is 8.42 Å². The number of sulfonamides is 1. The number of methoxy groups -OCH3 is 1. The summed E-state index contributed by atoms with van der Waals surface area (Å²) in [5, 5.41) is 9.10. The molecule has 19 heavy (non-hydrogen) atoms. The van der Waals surface area contributed by atoms with Crippen molar-refractivity contribution in [2.45, 2.75) is 24.8 Å². The number of esters is 1. The molecular weight excluding hydrogens is 278 g/mol. The number of hydrogen-bond donors (Lipinski definition) is 2. The van der Waals surface area contributed by atoms with Gasteiger partial charge in [0.25, 0.3) is 0 Å². The molecule has 1 unspecified atom stereocenters. The van der Waals surface area contributed by atoms with Crippen molar-refractivity contribution < 1.29 is 32.6 Å². The van der Waals surface area contributed by atoms with E-state index in [-0.39, 0.29) is 38.2 Å². The van der Waals surface area contributed by atoms with Crippen LogP contribution in [0.4, 0.5) is 0 Å². The summed E-state index contributed by atoms with van der Waals surface area (Å²) in [6.07, 6.45) is 0.116. The molecule has 1 heterocycles. The van der Waals surface area contributed by atoms with Crippen molar-refractivity contribution in [3.05, 3.63) is 0 Å². The molecule has 0 bridgehead atoms. The Hall–Kier alpha value is -1.19. The van der Waals surface area contributed by atoms with E-state index in [4.69, 9.17) is 9.84 Å². The van der Waals surface area contributed by atoms with Gasteiger partial charge in [-0.05, 0) is 6.42 Å². The van der Waals surface area contributed by atoms with Crippen molar-refractivity contribution in [1.82, 2.24) is 4.72 Å². The predicted molar refractivity (Wildman–Crippen MR) is 64.0 cm³/mol. The van der Waals surface area contributed by atoms with E-state index in [0.717, 1.165) is 0 Å². The monoisotopic (exact) mass is 295 g/mol. The molecule has 1 fully saturated rings. The lowest BCUT2D eigenvalue weighted by atomic mass is 10.0. The molecule has 1 saturated heterocycles. The van der Waals surface area contributed by atoms with E-state index >= 15 is 0 Å². The first-order valence-electron chi connectivity index (χ1n) is 5.71. The van der Waals surface area contributed by atoms with Crippen LogP contribution in [0.1, 0.15) is 19.3 Å². The molecule has 110 valence electrons. The van der Waals surface area contributed by atoms with E-state index in [1.165, 1.54) is 7.11 Å². The number of aliphatic carboxylic acids is 1. The number of carbonyl (C=O) groups is 2. The summed E-state index contributed by atoms with van der Waals surface area (Å²) in [6.45, 7) is -0.00442. The van der Waals surface area contributed by atoms with Crippen LogP contribution in [0.15, 0.2) is 0 Å². The van der Waals surface area contributed by atoms with Gasteiger partial charge < -0.3 is 14.6 Å². The molecule has 9 heteroatoms. The van der Waals surface area contributed by atoms with Gasteiger partial charge in [-0.1, -0.05) is 0 Å². The van der Waals surface area contributed by atoms with Gasteiger partial charge in [0.15, 0.2) is 5.54 Å². The van der Waals surface area contributed by atoms with Crippen molar-refractivity contribution in [3.8, 4) is 0 Å². The largest absolute Gasteiger partial charge is 0.480 e. The third-order valence-corrected chi connectivity index (χ3v) is 4.33. The van der Waals surface area contributed by atoms with Gasteiger partial charge in [0.2, 0.25) is 10.0 Å². The number of ether oxygens (including phenoxy) is 2. The minimum atomic E-state index is -3.79. The molecule has 1 atom stereocenters. The summed E-state index contributed by atoms with van der Waals surface area (Å²) >= 11 is 0. The minimum Gasteiger partial charge on any atom is -0.480 e. The first-order chi connectivity index (χ1) is 8.81. The molecule has 0 amide bonds. The molecule has 2 N–H and O–H groups in total. The summed E-state index contributed by atoms with van der Waals surface area (Å²) < 4.78 is 35.1. The Morgan fingerprint density at radius 2 is 2.16 bits per heavy atom. The molecule has 1 aliphatic heterocycles. The predicted octanol–water partition coefficient (Wildman–Crippen LogP) is -0.897. The third kappa shape index (κ3) is 4.44. The summed E-state index contributed by atoms with van der Waals surface area (Å²) in [5.41, 5.74) is -1.59. The van der Waals surface area contributed by atoms with E-state index in [1.54, 1.807) is 0 Å². The van der Waals surface area contributed by atoms with Crippen LogP contribution in [0.3, 0.4) is 0 Å². The highest BCUT2D eigenvalue weighted by Crippen LogP contribution is 2.20. The van der Waals surface area contributed by atoms with Gasteiger partial charge in [-0.15, -0.1) is 0 Å². The fourth-order valence-corrected chi connectivity index (χ4v) is 3.19. The normalized spacial score (nSPS) is 23.2. The van der Waals surface area contributed by atoms with Gasteiger partial charge >= 0.3 is 11.9 Å². The Kier molecular flexibility index (Phi) is 5.27. The van der Waals surface area contributed by atoms with E-state index < -0.39 is 27.5 Å². The summed E-state index contributed by atoms with van der Waals surface area (Å²) in [4.78, 5) is 22.0. The zero-order valence-corrected chi connectivity index (χ0v) is 11.4. The fourth-order valence-electron chi connectivity index (χ4n) is 1.72. The lowest BCUT2D eigenvalue weighted by molar-refractivity contribution is -0.144. The lowest BCUT2D eigenvalue weighted by Gasteiger charge is -2.23. The van der Waals surface area contributed by atoms with Gasteiger partial charge in [0, 0.05) is 19.4 Å². The van der Waals surface area contributed by atoms with Crippen molar-refractivity contribution in [2.24, 2.45) is 0 Å². The summed E-state index contributed by atoms with van der Waals surface area (Å²) in [5.74, 6) is -2.11. The highest BCUT2D eigenvalue weighted by Gasteiger charge is 2.45. The number of rotatable bonds is 7. The quantitative estimate of drug-likeness (QED) is 0.584. The molecule has 0 aliphatic carbocycles. The fraction of sp³-hybridized carbons (Fsp3) is 0.800. The van der Waals surface area contributed by atoms with E-state index in [0.29, 0.717) is 0 Å². The summed E-state index contributed by atoms with van der Waals surface area (Å²) in [7, 11) is -2.58. The maximum absolute atomic E-state index is 11.8. The third-order valence-electron chi connectivity index (χ3n) is 2.80. The Morgan fingerprint density at radius 3 is 2.63 bits per heavy atom. The number of nitrogens with one attached hydrogen (secondary N) is 1. The highest BCUT2D eigenvalue weighted by atomic mass is 32.2. The SMILES string of the molecule is COC(=O)CCCS(=O)(=O)NC1(C(=O)O)CCOC1. The molecule has 0 aromatic carbocycles. The molecule has 1 aliphatic rings. The van der Waals surface area contributed by atoms with E-state index in [9.17, 15) is 18.0 Å². The number of hydrogen-bond acceptors (Lipinski definition) is 6. The van der Waals surface area contributed by atoms with Gasteiger partial charge in [0.05, 0.1) is 19.5 Å². The first-order valence-corrected chi connectivity index (χ1v) is 7.36. The van der Waals surface area contributed by atoms with Gasteiger partial charge in [0.1, 0.15) is 0 Å². The Labute approximate surface area is 111 Å². The second kappa shape index (κ2) is 6.31. The molecule has 0 radical (unpaired) electrons. The summed E-state index contributed by atoms with van der Waals surface area (Å²) in [6, 6.07) is 0. The number of carbonyl (C=O) groups excluding carboxylic acids is 1. The van der Waals surface area contributed by atoms with E-state index in [1.807, 2.05) is 0 Å². The number of carboxylic acids is 1. The Morgan fingerprint density at radius 1 is 1.47 bits per heavy atom. The highest BCUT2D eigenvalue weighted by molar-refractivity contribution is 7.89. The maximum Gasteiger partial charge on any atom is 0.327 e. The number of carboxylic acid groups (broad SMARTS) is 1. The Bertz CT molecular complexity index is 439. The molecule has 0 aromatic heterocycles. The van der Waals surface area contributed by atoms with Gasteiger partial charge in [-0.3, -0.25) is 9.59 Å². The maximum atomic E-state index is 11.8. The van der Waals surface area contributed by atoms with Crippen LogP contribution in [0.25, 0.3) is 0 Å². The first kappa shape index (κ1) is 15.9. The molecule has 8 nitrogen and oxygen atoms in total. The van der Waals surface area contributed by atoms with E-state index in [2.05, 4.69) is 9.46 Å². The van der Waals surface area contributed by atoms with Gasteiger partial charge in [-0.2, -0.15) is 4.72 Å². The molecule has 0 spiro atoms. The van der Waals surface area contributed by atoms with Crippen molar-refractivity contribution >= 4 is 22.0 Å². The Balaban J connectivity index is 2.58. The molecular formula is C10H17NO7S. The lowest BCUT2D eigenvalue weighted by Crippen LogP contribution is -2.55. The average Bonchev–Trinajstić information content (AvgIpc) is 2.77. The standard InChI is InChI=1S/C10H17NO7S/c1-17-8(12)3-2-6-19(15,16)11-10(9(13)14)4-5-18-7-10/h11H,2-7H2,1H3,(H,13,14). The van der Waals surface area contributed by atoms with Crippen LogP contribution in [0.2, 0.25) is 0 Å². The van der Waals surface area contributed by atoms with Crippen LogP contribution >= 0.6 is 0 Å². The zero-order valence-electron chi connectivity index (χ0n) is 10.5. The second-order valence-corrected chi connectivity index (χ2v) is 6.13. The molecule has 1 rings (SSSR count). The average molecular weight is 295 g/mol. The van der Waals surface area contributed by atoms with Crippen LogP contribution in [-0.4, -0.2) is 57.1 Å². The van der Waals surface area contributed by atoms with Crippen molar-refractivity contribution in [1.29, 1.82) is 0 Å². The second-order valence-electron chi connectivity index (χ2n) is 4.29. The zero-order chi connectivity index (χ0) is 14.5. The minimum absolute atomic E-state index is 0.0337. The smallest absolute Gasteiger partial charge is 0.327 e. The van der Waals surface area contributed by atoms with Crippen molar-refractivity contribution in [3.63, 3.8) is 0 Å². The van der Waals surface area contributed by atoms with Crippen LogP contribution in [-0.2, 0) is 29.1 Å². The van der Waals surface area contributed by atoms with Crippen LogP contribution in [0.5, 0.6) is 0 Å². The van der Waals surface area contributed by atoms with Crippen molar-refractivity contribution in [2.75, 3.05) is 26.1 Å². The molecule has 0 aromatic rings. The van der Waals surface area contributed by atoms with Crippen LogP contribution in [0, 0.1) is 0 Å². The topological polar surface area (TPSA) is 119 Å².